The highest BCUT2D eigenvalue weighted by molar-refractivity contribution is 5.89. The molecule has 0 atom stereocenters. The predicted molar refractivity (Wildman–Crippen MR) is 79.6 cm³/mol. The van der Waals surface area contributed by atoms with Gasteiger partial charge in [-0.3, -0.25) is 0 Å². The molecule has 0 aliphatic rings. The number of unbranched alkanes of at least 4 members (excludes halogenated alkanes) is 1. The Morgan fingerprint density at radius 1 is 1.27 bits per heavy atom. The van der Waals surface area contributed by atoms with E-state index in [1.54, 1.807) is 23.0 Å². The van der Waals surface area contributed by atoms with E-state index in [4.69, 9.17) is 0 Å². The number of hydrogen-bond donors (Lipinski definition) is 0. The SMILES string of the molecule is COC(=O)c1ccc(CCCCn2ccc([N+](=O)[O-])n2)cc1. The zero-order valence-electron chi connectivity index (χ0n) is 12.3. The van der Waals surface area contributed by atoms with E-state index in [1.807, 2.05) is 12.1 Å². The third kappa shape index (κ3) is 4.15. The van der Waals surface area contributed by atoms with Crippen LogP contribution in [0.25, 0.3) is 0 Å². The molecule has 7 nitrogen and oxygen atoms in total. The predicted octanol–water partition coefficient (Wildman–Crippen LogP) is 2.60. The molecule has 1 aromatic heterocycles. The molecule has 0 aliphatic carbocycles. The fraction of sp³-hybridized carbons (Fsp3) is 0.333. The van der Waals surface area contributed by atoms with E-state index < -0.39 is 4.92 Å². The zero-order chi connectivity index (χ0) is 15.9. The maximum absolute atomic E-state index is 11.3. The van der Waals surface area contributed by atoms with Crippen molar-refractivity contribution in [1.82, 2.24) is 9.78 Å². The summed E-state index contributed by atoms with van der Waals surface area (Å²) in [5.41, 5.74) is 1.68. The van der Waals surface area contributed by atoms with Crippen molar-refractivity contribution in [3.8, 4) is 0 Å². The molecule has 0 saturated carbocycles. The average molecular weight is 303 g/mol. The second kappa shape index (κ2) is 7.35. The third-order valence-electron chi connectivity index (χ3n) is 3.29. The largest absolute Gasteiger partial charge is 0.465 e. The zero-order valence-corrected chi connectivity index (χ0v) is 12.3. The monoisotopic (exact) mass is 303 g/mol. The van der Waals surface area contributed by atoms with E-state index in [1.165, 1.54) is 13.2 Å². The van der Waals surface area contributed by atoms with Gasteiger partial charge in [-0.05, 0) is 41.9 Å². The van der Waals surface area contributed by atoms with Crippen molar-refractivity contribution >= 4 is 11.8 Å². The molecular formula is C15H17N3O4. The van der Waals surface area contributed by atoms with Crippen LogP contribution in [0.1, 0.15) is 28.8 Å². The molecule has 0 spiro atoms. The summed E-state index contributed by atoms with van der Waals surface area (Å²) in [4.78, 5) is 21.3. The summed E-state index contributed by atoms with van der Waals surface area (Å²) >= 11 is 0. The number of nitro groups is 1. The number of ether oxygens (including phenoxy) is 1. The Bertz CT molecular complexity index is 649. The van der Waals surface area contributed by atoms with Gasteiger partial charge >= 0.3 is 11.8 Å². The standard InChI is InChI=1S/C15H17N3O4/c1-22-15(19)13-7-5-12(6-8-13)4-2-3-10-17-11-9-14(16-17)18(20)21/h5-9,11H,2-4,10H2,1H3. The Morgan fingerprint density at radius 3 is 2.59 bits per heavy atom. The van der Waals surface area contributed by atoms with Crippen LogP contribution >= 0.6 is 0 Å². The molecule has 22 heavy (non-hydrogen) atoms. The van der Waals surface area contributed by atoms with E-state index >= 15 is 0 Å². The van der Waals surface area contributed by atoms with Crippen LogP contribution < -0.4 is 0 Å². The summed E-state index contributed by atoms with van der Waals surface area (Å²) in [6, 6.07) is 8.71. The molecule has 0 amide bonds. The second-order valence-corrected chi connectivity index (χ2v) is 4.84. The van der Waals surface area contributed by atoms with Gasteiger partial charge in [0.2, 0.25) is 0 Å². The highest BCUT2D eigenvalue weighted by Gasteiger charge is 2.10. The number of nitrogens with zero attached hydrogens (tertiary/aromatic N) is 3. The molecule has 7 heteroatoms. The fourth-order valence-corrected chi connectivity index (χ4v) is 2.10. The minimum atomic E-state index is -0.501. The van der Waals surface area contributed by atoms with Crippen molar-refractivity contribution in [1.29, 1.82) is 0 Å². The summed E-state index contributed by atoms with van der Waals surface area (Å²) in [5, 5.41) is 14.4. The van der Waals surface area contributed by atoms with Gasteiger partial charge in [0.25, 0.3) is 0 Å². The first-order chi connectivity index (χ1) is 10.6. The first-order valence-electron chi connectivity index (χ1n) is 6.95. The molecule has 0 saturated heterocycles. The first-order valence-corrected chi connectivity index (χ1v) is 6.95. The molecule has 0 aliphatic heterocycles. The Kier molecular flexibility index (Phi) is 5.24. The second-order valence-electron chi connectivity index (χ2n) is 4.84. The van der Waals surface area contributed by atoms with Crippen LogP contribution in [0.4, 0.5) is 5.82 Å². The van der Waals surface area contributed by atoms with E-state index in [2.05, 4.69) is 9.84 Å². The van der Waals surface area contributed by atoms with Crippen LogP contribution in [-0.4, -0.2) is 27.8 Å². The number of aryl methyl sites for hydroxylation is 2. The van der Waals surface area contributed by atoms with Crippen LogP contribution in [0.3, 0.4) is 0 Å². The van der Waals surface area contributed by atoms with Gasteiger partial charge in [-0.15, -0.1) is 0 Å². The summed E-state index contributed by atoms with van der Waals surface area (Å²) in [6.07, 6.45) is 4.30. The first kappa shape index (κ1) is 15.7. The van der Waals surface area contributed by atoms with E-state index in [-0.39, 0.29) is 11.8 Å². The number of aromatic nitrogens is 2. The Balaban J connectivity index is 1.76. The van der Waals surface area contributed by atoms with Gasteiger partial charge in [-0.25, -0.2) is 4.79 Å². The van der Waals surface area contributed by atoms with Crippen molar-refractivity contribution in [3.63, 3.8) is 0 Å². The van der Waals surface area contributed by atoms with Gasteiger partial charge in [0, 0.05) is 0 Å². The smallest absolute Gasteiger partial charge is 0.389 e. The molecule has 0 bridgehead atoms. The Labute approximate surface area is 127 Å². The maximum atomic E-state index is 11.3. The van der Waals surface area contributed by atoms with Crippen LogP contribution in [0.15, 0.2) is 36.5 Å². The molecule has 0 N–H and O–H groups in total. The summed E-state index contributed by atoms with van der Waals surface area (Å²) in [7, 11) is 1.36. The van der Waals surface area contributed by atoms with E-state index in [9.17, 15) is 14.9 Å². The van der Waals surface area contributed by atoms with Crippen molar-refractivity contribution in [3.05, 3.63) is 57.8 Å². The van der Waals surface area contributed by atoms with Gasteiger partial charge < -0.3 is 14.9 Å². The molecule has 0 unspecified atom stereocenters. The molecule has 2 aromatic rings. The quantitative estimate of drug-likeness (QED) is 0.339. The molecular weight excluding hydrogens is 286 g/mol. The van der Waals surface area contributed by atoms with E-state index in [0.717, 1.165) is 24.8 Å². The number of carbonyl (C=O) groups is 1. The lowest BCUT2D eigenvalue weighted by atomic mass is 10.1. The van der Waals surface area contributed by atoms with Gasteiger partial charge in [0.05, 0.1) is 36.6 Å². The minimum Gasteiger partial charge on any atom is -0.465 e. The number of benzene rings is 1. The lowest BCUT2D eigenvalue weighted by Gasteiger charge is -2.03. The minimum absolute atomic E-state index is 0.126. The molecule has 1 heterocycles. The van der Waals surface area contributed by atoms with Crippen LogP contribution in [0.2, 0.25) is 0 Å². The van der Waals surface area contributed by atoms with Crippen molar-refractivity contribution < 1.29 is 14.5 Å². The van der Waals surface area contributed by atoms with Crippen LogP contribution in [-0.2, 0) is 17.7 Å². The van der Waals surface area contributed by atoms with E-state index in [0.29, 0.717) is 12.1 Å². The summed E-state index contributed by atoms with van der Waals surface area (Å²) in [6.45, 7) is 0.647. The Hall–Kier alpha value is -2.70. The molecule has 116 valence electrons. The lowest BCUT2D eigenvalue weighted by Crippen LogP contribution is -2.02. The average Bonchev–Trinajstić information content (AvgIpc) is 3.00. The summed E-state index contributed by atoms with van der Waals surface area (Å²) < 4.78 is 6.23. The highest BCUT2D eigenvalue weighted by Crippen LogP contribution is 2.10. The molecule has 1 aromatic carbocycles. The molecule has 0 radical (unpaired) electrons. The fourth-order valence-electron chi connectivity index (χ4n) is 2.10. The van der Waals surface area contributed by atoms with Crippen LogP contribution in [0, 0.1) is 10.1 Å². The van der Waals surface area contributed by atoms with Gasteiger partial charge in [0.1, 0.15) is 0 Å². The number of hydrogen-bond acceptors (Lipinski definition) is 5. The maximum Gasteiger partial charge on any atom is 0.389 e. The normalized spacial score (nSPS) is 10.4. The number of esters is 1. The van der Waals surface area contributed by atoms with Crippen molar-refractivity contribution in [2.24, 2.45) is 0 Å². The number of rotatable bonds is 7. The molecule has 0 fully saturated rings. The topological polar surface area (TPSA) is 87.3 Å². The Morgan fingerprint density at radius 2 is 2.00 bits per heavy atom. The summed E-state index contributed by atoms with van der Waals surface area (Å²) in [5.74, 6) is -0.467. The van der Waals surface area contributed by atoms with Gasteiger partial charge in [-0.1, -0.05) is 12.1 Å². The molecule has 2 rings (SSSR count). The highest BCUT2D eigenvalue weighted by atomic mass is 16.6. The van der Waals surface area contributed by atoms with Gasteiger partial charge in [-0.2, -0.15) is 4.68 Å². The number of carbonyl (C=O) groups excluding carboxylic acids is 1. The van der Waals surface area contributed by atoms with Crippen molar-refractivity contribution in [2.45, 2.75) is 25.8 Å². The lowest BCUT2D eigenvalue weighted by molar-refractivity contribution is -0.389. The van der Waals surface area contributed by atoms with Gasteiger partial charge in [0.15, 0.2) is 0 Å². The number of methoxy groups -OCH3 is 1. The third-order valence-corrected chi connectivity index (χ3v) is 3.29. The van der Waals surface area contributed by atoms with Crippen LogP contribution in [0.5, 0.6) is 0 Å². The van der Waals surface area contributed by atoms with Crippen molar-refractivity contribution in [2.75, 3.05) is 7.11 Å².